The maximum Gasteiger partial charge on any atom is 0.340 e. The van der Waals surface area contributed by atoms with Crippen LogP contribution in [-0.4, -0.2) is 29.0 Å². The maximum atomic E-state index is 11.5. The van der Waals surface area contributed by atoms with E-state index >= 15 is 0 Å². The molecule has 2 rings (SSSR count). The van der Waals surface area contributed by atoms with Crippen LogP contribution in [-0.2, 0) is 20.9 Å². The zero-order chi connectivity index (χ0) is 13.1. The van der Waals surface area contributed by atoms with Gasteiger partial charge in [0.25, 0.3) is 0 Å². The number of aromatic amines is 1. The van der Waals surface area contributed by atoms with Crippen molar-refractivity contribution in [1.82, 2.24) is 9.97 Å². The third-order valence-electron chi connectivity index (χ3n) is 2.38. The van der Waals surface area contributed by atoms with Gasteiger partial charge in [-0.1, -0.05) is 6.07 Å². The summed E-state index contributed by atoms with van der Waals surface area (Å²) in [6.07, 6.45) is 0. The number of nitrogens with one attached hydrogen (secondary N) is 1. The number of fused-ring (bicyclic) bond motifs is 1. The molecule has 6 heteroatoms. The summed E-state index contributed by atoms with van der Waals surface area (Å²) in [5.41, 5.74) is 1.58. The monoisotopic (exact) mass is 248 g/mol. The maximum absolute atomic E-state index is 11.5. The van der Waals surface area contributed by atoms with E-state index in [1.165, 1.54) is 14.0 Å². The van der Waals surface area contributed by atoms with Gasteiger partial charge in [0.1, 0.15) is 17.9 Å². The van der Waals surface area contributed by atoms with E-state index in [1.54, 1.807) is 18.2 Å². The molecule has 1 aromatic carbocycles. The quantitative estimate of drug-likeness (QED) is 0.830. The van der Waals surface area contributed by atoms with Crippen LogP contribution in [0, 0.1) is 0 Å². The average molecular weight is 248 g/mol. The van der Waals surface area contributed by atoms with E-state index < -0.39 is 5.97 Å². The number of hydrogen-bond donors (Lipinski definition) is 1. The molecular formula is C12H12N2O4. The van der Waals surface area contributed by atoms with Crippen molar-refractivity contribution in [3.8, 4) is 0 Å². The summed E-state index contributed by atoms with van der Waals surface area (Å²) in [5.74, 6) is -0.355. The van der Waals surface area contributed by atoms with Gasteiger partial charge in [-0.2, -0.15) is 0 Å². The Morgan fingerprint density at radius 3 is 2.83 bits per heavy atom. The second-order valence-electron chi connectivity index (χ2n) is 3.66. The molecule has 0 fully saturated rings. The lowest BCUT2D eigenvalue weighted by Crippen LogP contribution is -2.02. The highest BCUT2D eigenvalue weighted by atomic mass is 16.5. The average Bonchev–Trinajstić information content (AvgIpc) is 2.77. The number of methoxy groups -OCH3 is 1. The lowest BCUT2D eigenvalue weighted by Gasteiger charge is -1.98. The van der Waals surface area contributed by atoms with Crippen molar-refractivity contribution >= 4 is 23.0 Å². The molecule has 1 aromatic heterocycles. The summed E-state index contributed by atoms with van der Waals surface area (Å²) in [6, 6.07) is 5.14. The molecule has 0 spiro atoms. The summed E-state index contributed by atoms with van der Waals surface area (Å²) in [7, 11) is 1.31. The molecule has 0 amide bonds. The number of ether oxygens (including phenoxy) is 2. The first kappa shape index (κ1) is 12.1. The second kappa shape index (κ2) is 4.87. The Bertz CT molecular complexity index is 603. The van der Waals surface area contributed by atoms with Crippen molar-refractivity contribution in [2.75, 3.05) is 7.11 Å². The fourth-order valence-electron chi connectivity index (χ4n) is 1.60. The summed E-state index contributed by atoms with van der Waals surface area (Å²) in [4.78, 5) is 29.5. The third kappa shape index (κ3) is 2.32. The van der Waals surface area contributed by atoms with Crippen molar-refractivity contribution in [1.29, 1.82) is 0 Å². The molecule has 0 bridgehead atoms. The van der Waals surface area contributed by atoms with Crippen molar-refractivity contribution in [3.63, 3.8) is 0 Å². The van der Waals surface area contributed by atoms with Gasteiger partial charge in [-0.25, -0.2) is 9.78 Å². The summed E-state index contributed by atoms with van der Waals surface area (Å²) >= 11 is 0. The van der Waals surface area contributed by atoms with Gasteiger partial charge in [0, 0.05) is 6.92 Å². The topological polar surface area (TPSA) is 81.3 Å². The number of carbonyl (C=O) groups is 2. The largest absolute Gasteiger partial charge is 0.465 e. The lowest BCUT2D eigenvalue weighted by atomic mass is 10.2. The SMILES string of the molecule is COC(=O)c1cccc2[nH]c(COC(C)=O)nc12. The van der Waals surface area contributed by atoms with Gasteiger partial charge >= 0.3 is 11.9 Å². The number of hydrogen-bond acceptors (Lipinski definition) is 5. The van der Waals surface area contributed by atoms with Crippen molar-refractivity contribution in [2.24, 2.45) is 0 Å². The minimum Gasteiger partial charge on any atom is -0.465 e. The number of benzene rings is 1. The van der Waals surface area contributed by atoms with Gasteiger partial charge in [-0.05, 0) is 12.1 Å². The van der Waals surface area contributed by atoms with Crippen LogP contribution < -0.4 is 0 Å². The molecule has 18 heavy (non-hydrogen) atoms. The second-order valence-corrected chi connectivity index (χ2v) is 3.66. The minimum atomic E-state index is -0.453. The van der Waals surface area contributed by atoms with Gasteiger partial charge in [-0.3, -0.25) is 4.79 Å². The van der Waals surface area contributed by atoms with Crippen molar-refractivity contribution in [2.45, 2.75) is 13.5 Å². The normalized spacial score (nSPS) is 10.3. The Labute approximate surface area is 103 Å². The number of H-pyrrole nitrogens is 1. The summed E-state index contributed by atoms with van der Waals surface area (Å²) in [5, 5.41) is 0. The molecule has 0 unspecified atom stereocenters. The van der Waals surface area contributed by atoms with Crippen LogP contribution in [0.2, 0.25) is 0 Å². The number of aromatic nitrogens is 2. The van der Waals surface area contributed by atoms with Crippen LogP contribution in [0.1, 0.15) is 23.1 Å². The molecular weight excluding hydrogens is 236 g/mol. The van der Waals surface area contributed by atoms with Gasteiger partial charge in [0.2, 0.25) is 0 Å². The first-order valence-corrected chi connectivity index (χ1v) is 5.31. The van der Waals surface area contributed by atoms with Crippen LogP contribution >= 0.6 is 0 Å². The van der Waals surface area contributed by atoms with E-state index in [0.717, 1.165) is 0 Å². The Balaban J connectivity index is 2.38. The van der Waals surface area contributed by atoms with Crippen LogP contribution in [0.5, 0.6) is 0 Å². The highest BCUT2D eigenvalue weighted by molar-refractivity contribution is 6.01. The lowest BCUT2D eigenvalue weighted by molar-refractivity contribution is -0.142. The number of para-hydroxylation sites is 1. The zero-order valence-electron chi connectivity index (χ0n) is 10.0. The van der Waals surface area contributed by atoms with E-state index in [1.807, 2.05) is 0 Å². The number of carbonyl (C=O) groups excluding carboxylic acids is 2. The van der Waals surface area contributed by atoms with E-state index in [4.69, 9.17) is 4.74 Å². The summed E-state index contributed by atoms with van der Waals surface area (Å²) < 4.78 is 9.51. The zero-order valence-corrected chi connectivity index (χ0v) is 10.0. The first-order valence-electron chi connectivity index (χ1n) is 5.31. The van der Waals surface area contributed by atoms with Gasteiger partial charge in [0.15, 0.2) is 0 Å². The van der Waals surface area contributed by atoms with E-state index in [2.05, 4.69) is 14.7 Å². The molecule has 0 aliphatic carbocycles. The molecule has 0 aliphatic heterocycles. The molecule has 0 saturated heterocycles. The predicted molar refractivity (Wildman–Crippen MR) is 62.9 cm³/mol. The smallest absolute Gasteiger partial charge is 0.340 e. The van der Waals surface area contributed by atoms with E-state index in [9.17, 15) is 9.59 Å². The Morgan fingerprint density at radius 1 is 1.39 bits per heavy atom. The number of rotatable bonds is 3. The predicted octanol–water partition coefficient (Wildman–Crippen LogP) is 1.41. The van der Waals surface area contributed by atoms with Crippen LogP contribution in [0.15, 0.2) is 18.2 Å². The van der Waals surface area contributed by atoms with Crippen LogP contribution in [0.4, 0.5) is 0 Å². The van der Waals surface area contributed by atoms with Crippen LogP contribution in [0.25, 0.3) is 11.0 Å². The number of nitrogens with zero attached hydrogens (tertiary/aromatic N) is 1. The van der Waals surface area contributed by atoms with Gasteiger partial charge in [0.05, 0.1) is 18.2 Å². The fraction of sp³-hybridized carbons (Fsp3) is 0.250. The van der Waals surface area contributed by atoms with Crippen molar-refractivity contribution < 1.29 is 19.1 Å². The fourth-order valence-corrected chi connectivity index (χ4v) is 1.60. The molecule has 94 valence electrons. The summed E-state index contributed by atoms with van der Waals surface area (Å²) in [6.45, 7) is 1.37. The Morgan fingerprint density at radius 2 is 2.17 bits per heavy atom. The first-order chi connectivity index (χ1) is 8.61. The highest BCUT2D eigenvalue weighted by Crippen LogP contribution is 2.17. The van der Waals surface area contributed by atoms with Crippen molar-refractivity contribution in [3.05, 3.63) is 29.6 Å². The molecule has 1 N–H and O–H groups in total. The van der Waals surface area contributed by atoms with Gasteiger partial charge in [-0.15, -0.1) is 0 Å². The molecule has 1 heterocycles. The molecule has 0 atom stereocenters. The molecule has 0 radical (unpaired) electrons. The van der Waals surface area contributed by atoms with Crippen LogP contribution in [0.3, 0.4) is 0 Å². The van der Waals surface area contributed by atoms with E-state index in [-0.39, 0.29) is 12.6 Å². The molecule has 0 aliphatic rings. The number of esters is 2. The molecule has 0 saturated carbocycles. The highest BCUT2D eigenvalue weighted by Gasteiger charge is 2.14. The van der Waals surface area contributed by atoms with Gasteiger partial charge < -0.3 is 14.5 Å². The van der Waals surface area contributed by atoms with E-state index in [0.29, 0.717) is 22.4 Å². The molecule has 6 nitrogen and oxygen atoms in total. The minimum absolute atomic E-state index is 0.0463. The standard InChI is InChI=1S/C12H12N2O4/c1-7(15)18-6-10-13-9-5-3-4-8(11(9)14-10)12(16)17-2/h3-5H,6H2,1-2H3,(H,13,14). The number of imidazole rings is 1. The third-order valence-corrected chi connectivity index (χ3v) is 2.38. The molecule has 2 aromatic rings. The Hall–Kier alpha value is -2.37. The Kier molecular flexibility index (Phi) is 3.27.